The lowest BCUT2D eigenvalue weighted by Gasteiger charge is -2.07. The molecule has 0 saturated carbocycles. The van der Waals surface area contributed by atoms with E-state index >= 15 is 0 Å². The maximum absolute atomic E-state index is 5.87. The van der Waals surface area contributed by atoms with Crippen LogP contribution in [0.5, 0.6) is 5.75 Å². The molecular formula is C14H14ClNOS. The van der Waals surface area contributed by atoms with E-state index < -0.39 is 0 Å². The number of hydrogen-bond acceptors (Lipinski definition) is 3. The molecule has 0 unspecified atom stereocenters. The molecule has 0 aliphatic rings. The second-order valence-corrected chi connectivity index (χ2v) is 5.27. The Hall–Kier alpha value is -1.32. The molecule has 0 amide bonds. The Morgan fingerprint density at radius 3 is 2.61 bits per heavy atom. The molecule has 2 N–H and O–H groups in total. The molecule has 94 valence electrons. The summed E-state index contributed by atoms with van der Waals surface area (Å²) in [5, 5.41) is 0.664. The van der Waals surface area contributed by atoms with Crippen molar-refractivity contribution in [3.8, 4) is 5.75 Å². The van der Waals surface area contributed by atoms with E-state index in [4.69, 9.17) is 22.1 Å². The summed E-state index contributed by atoms with van der Waals surface area (Å²) in [6.45, 7) is 0.650. The number of rotatable bonds is 5. The van der Waals surface area contributed by atoms with Crippen molar-refractivity contribution < 1.29 is 4.74 Å². The van der Waals surface area contributed by atoms with Crippen molar-refractivity contribution in [2.75, 3.05) is 18.1 Å². The zero-order chi connectivity index (χ0) is 12.8. The van der Waals surface area contributed by atoms with E-state index in [9.17, 15) is 0 Å². The molecular weight excluding hydrogens is 266 g/mol. The van der Waals surface area contributed by atoms with Gasteiger partial charge in [0, 0.05) is 21.4 Å². The minimum absolute atomic E-state index is 0.650. The lowest BCUT2D eigenvalue weighted by molar-refractivity contribution is 0.344. The van der Waals surface area contributed by atoms with Crippen LogP contribution in [0.2, 0.25) is 5.02 Å². The molecule has 2 nitrogen and oxygen atoms in total. The molecule has 2 aromatic rings. The van der Waals surface area contributed by atoms with Crippen molar-refractivity contribution in [3.05, 3.63) is 53.6 Å². The molecule has 0 heterocycles. The van der Waals surface area contributed by atoms with E-state index in [0.29, 0.717) is 17.3 Å². The van der Waals surface area contributed by atoms with Crippen molar-refractivity contribution in [1.29, 1.82) is 0 Å². The first kappa shape index (κ1) is 13.1. The molecule has 0 saturated heterocycles. The van der Waals surface area contributed by atoms with E-state index in [0.717, 1.165) is 16.4 Å². The van der Waals surface area contributed by atoms with Gasteiger partial charge in [0.25, 0.3) is 0 Å². The van der Waals surface area contributed by atoms with Crippen LogP contribution in [-0.2, 0) is 0 Å². The molecule has 0 bridgehead atoms. The Bertz CT molecular complexity index is 504. The van der Waals surface area contributed by atoms with E-state index in [-0.39, 0.29) is 0 Å². The van der Waals surface area contributed by atoms with Crippen LogP contribution in [-0.4, -0.2) is 12.4 Å². The monoisotopic (exact) mass is 279 g/mol. The Balaban J connectivity index is 1.79. The fraction of sp³-hybridized carbons (Fsp3) is 0.143. The maximum atomic E-state index is 5.87. The standard InChI is InChI=1S/C14H14ClNOS/c15-11-6-7-14(13(16)10-11)18-9-8-17-12-4-2-1-3-5-12/h1-7,10H,8-9,16H2. The third-order valence-corrected chi connectivity index (χ3v) is 3.61. The quantitative estimate of drug-likeness (QED) is 0.509. The Labute approximate surface area is 116 Å². The fourth-order valence-electron chi connectivity index (χ4n) is 1.48. The van der Waals surface area contributed by atoms with Gasteiger partial charge in [0.1, 0.15) is 5.75 Å². The first-order valence-electron chi connectivity index (χ1n) is 5.61. The van der Waals surface area contributed by atoms with E-state index in [2.05, 4.69) is 0 Å². The molecule has 0 aliphatic carbocycles. The third kappa shape index (κ3) is 3.86. The first-order chi connectivity index (χ1) is 8.75. The number of nitrogens with two attached hydrogens (primary N) is 1. The van der Waals surface area contributed by atoms with Crippen molar-refractivity contribution in [2.45, 2.75) is 4.90 Å². The minimum atomic E-state index is 0.650. The summed E-state index contributed by atoms with van der Waals surface area (Å²) in [6, 6.07) is 15.3. The second kappa shape index (κ2) is 6.57. The van der Waals surface area contributed by atoms with Crippen LogP contribution in [0.15, 0.2) is 53.4 Å². The Morgan fingerprint density at radius 2 is 1.89 bits per heavy atom. The summed E-state index contributed by atoms with van der Waals surface area (Å²) in [5.41, 5.74) is 6.58. The number of halogens is 1. The molecule has 0 atom stereocenters. The largest absolute Gasteiger partial charge is 0.493 e. The highest BCUT2D eigenvalue weighted by Crippen LogP contribution is 2.27. The highest BCUT2D eigenvalue weighted by atomic mass is 35.5. The lowest BCUT2D eigenvalue weighted by atomic mass is 10.3. The molecule has 0 aromatic heterocycles. The smallest absolute Gasteiger partial charge is 0.119 e. The molecule has 2 aromatic carbocycles. The van der Waals surface area contributed by atoms with Gasteiger partial charge < -0.3 is 10.5 Å². The summed E-state index contributed by atoms with van der Waals surface area (Å²) >= 11 is 7.51. The van der Waals surface area contributed by atoms with E-state index in [1.54, 1.807) is 17.8 Å². The predicted molar refractivity (Wildman–Crippen MR) is 78.5 cm³/mol. The average molecular weight is 280 g/mol. The summed E-state index contributed by atoms with van der Waals surface area (Å²) in [4.78, 5) is 1.04. The number of benzene rings is 2. The highest BCUT2D eigenvalue weighted by Gasteiger charge is 2.01. The molecule has 2 rings (SSSR count). The van der Waals surface area contributed by atoms with Gasteiger partial charge in [0.05, 0.1) is 6.61 Å². The van der Waals surface area contributed by atoms with Gasteiger partial charge in [-0.25, -0.2) is 0 Å². The fourth-order valence-corrected chi connectivity index (χ4v) is 2.44. The van der Waals surface area contributed by atoms with Gasteiger partial charge in [-0.2, -0.15) is 0 Å². The van der Waals surface area contributed by atoms with E-state index in [1.807, 2.05) is 42.5 Å². The van der Waals surface area contributed by atoms with Crippen molar-refractivity contribution in [2.24, 2.45) is 0 Å². The molecule has 4 heteroatoms. The van der Waals surface area contributed by atoms with Gasteiger partial charge in [-0.3, -0.25) is 0 Å². The van der Waals surface area contributed by atoms with Gasteiger partial charge in [0.2, 0.25) is 0 Å². The van der Waals surface area contributed by atoms with Crippen molar-refractivity contribution >= 4 is 29.1 Å². The van der Waals surface area contributed by atoms with Crippen molar-refractivity contribution in [1.82, 2.24) is 0 Å². The van der Waals surface area contributed by atoms with Crippen LogP contribution in [0.3, 0.4) is 0 Å². The number of hydrogen-bond donors (Lipinski definition) is 1. The average Bonchev–Trinajstić information content (AvgIpc) is 2.38. The highest BCUT2D eigenvalue weighted by molar-refractivity contribution is 7.99. The zero-order valence-electron chi connectivity index (χ0n) is 9.80. The van der Waals surface area contributed by atoms with Gasteiger partial charge >= 0.3 is 0 Å². The second-order valence-electron chi connectivity index (χ2n) is 3.69. The third-order valence-electron chi connectivity index (χ3n) is 2.32. The SMILES string of the molecule is Nc1cc(Cl)ccc1SCCOc1ccccc1. The molecule has 0 aliphatic heterocycles. The van der Waals surface area contributed by atoms with Crippen LogP contribution in [0.25, 0.3) is 0 Å². The number of para-hydroxylation sites is 1. The zero-order valence-corrected chi connectivity index (χ0v) is 11.4. The number of nitrogen functional groups attached to an aromatic ring is 1. The molecule has 0 spiro atoms. The Kier molecular flexibility index (Phi) is 4.79. The first-order valence-corrected chi connectivity index (χ1v) is 6.98. The minimum Gasteiger partial charge on any atom is -0.493 e. The summed E-state index contributed by atoms with van der Waals surface area (Å²) in [5.74, 6) is 1.74. The summed E-state index contributed by atoms with van der Waals surface area (Å²) in [7, 11) is 0. The number of ether oxygens (including phenoxy) is 1. The lowest BCUT2D eigenvalue weighted by Crippen LogP contribution is -2.00. The predicted octanol–water partition coefficient (Wildman–Crippen LogP) is 4.09. The van der Waals surface area contributed by atoms with Crippen LogP contribution < -0.4 is 10.5 Å². The van der Waals surface area contributed by atoms with Crippen LogP contribution in [0, 0.1) is 0 Å². The summed E-state index contributed by atoms with van der Waals surface area (Å²) in [6.07, 6.45) is 0. The Morgan fingerprint density at radius 1 is 1.11 bits per heavy atom. The topological polar surface area (TPSA) is 35.2 Å². The number of thioether (sulfide) groups is 1. The van der Waals surface area contributed by atoms with Gasteiger partial charge in [-0.05, 0) is 30.3 Å². The van der Waals surface area contributed by atoms with Gasteiger partial charge in [0.15, 0.2) is 0 Å². The normalized spacial score (nSPS) is 10.3. The molecule has 18 heavy (non-hydrogen) atoms. The number of anilines is 1. The molecule has 0 radical (unpaired) electrons. The van der Waals surface area contributed by atoms with Crippen LogP contribution in [0.4, 0.5) is 5.69 Å². The van der Waals surface area contributed by atoms with E-state index in [1.165, 1.54) is 0 Å². The van der Waals surface area contributed by atoms with Crippen LogP contribution in [0.1, 0.15) is 0 Å². The van der Waals surface area contributed by atoms with Crippen LogP contribution >= 0.6 is 23.4 Å². The van der Waals surface area contributed by atoms with Gasteiger partial charge in [-0.15, -0.1) is 11.8 Å². The summed E-state index contributed by atoms with van der Waals surface area (Å²) < 4.78 is 5.60. The molecule has 0 fully saturated rings. The maximum Gasteiger partial charge on any atom is 0.119 e. The van der Waals surface area contributed by atoms with Crippen molar-refractivity contribution in [3.63, 3.8) is 0 Å². The van der Waals surface area contributed by atoms with Gasteiger partial charge in [-0.1, -0.05) is 29.8 Å².